The maximum absolute atomic E-state index is 13.5. The number of rotatable bonds is 5. The fourth-order valence-corrected chi connectivity index (χ4v) is 4.60. The Balaban J connectivity index is 1.75. The number of esters is 1. The summed E-state index contributed by atoms with van der Waals surface area (Å²) in [5.41, 5.74) is 3.44. The number of hydrogen-bond acceptors (Lipinski definition) is 6. The van der Waals surface area contributed by atoms with E-state index < -0.39 is 5.97 Å². The Hall–Kier alpha value is -3.29. The van der Waals surface area contributed by atoms with Gasteiger partial charge in [-0.15, -0.1) is 0 Å². The molecule has 2 aromatic heterocycles. The Morgan fingerprint density at radius 3 is 2.55 bits per heavy atom. The van der Waals surface area contributed by atoms with Crippen LogP contribution >= 0.6 is 22.9 Å². The first-order chi connectivity index (χ1) is 15.0. The minimum atomic E-state index is -0.454. The number of aryl methyl sites for hydroxylation is 1. The van der Waals surface area contributed by atoms with E-state index in [0.29, 0.717) is 27.8 Å². The SMILES string of the molecule is COC(=O)c1ccc(C(=O)N(Cc2cccnc2)c2nc3c(C)cc(Cl)cc3s2)cc1. The Labute approximate surface area is 188 Å². The van der Waals surface area contributed by atoms with Gasteiger partial charge in [0.2, 0.25) is 0 Å². The molecule has 4 rings (SSSR count). The maximum atomic E-state index is 13.5. The number of aromatic nitrogens is 2. The highest BCUT2D eigenvalue weighted by Crippen LogP contribution is 2.34. The summed E-state index contributed by atoms with van der Waals surface area (Å²) in [4.78, 5) is 35.7. The summed E-state index contributed by atoms with van der Waals surface area (Å²) in [6.07, 6.45) is 3.40. The first-order valence-electron chi connectivity index (χ1n) is 9.42. The predicted octanol–water partition coefficient (Wildman–Crippen LogP) is 5.29. The van der Waals surface area contributed by atoms with E-state index in [1.54, 1.807) is 41.6 Å². The van der Waals surface area contributed by atoms with Crippen molar-refractivity contribution in [3.05, 3.63) is 88.2 Å². The molecule has 0 saturated heterocycles. The molecule has 0 N–H and O–H groups in total. The van der Waals surface area contributed by atoms with Gasteiger partial charge in [-0.3, -0.25) is 14.7 Å². The van der Waals surface area contributed by atoms with Gasteiger partial charge in [0.25, 0.3) is 5.91 Å². The van der Waals surface area contributed by atoms with E-state index in [2.05, 4.69) is 4.98 Å². The van der Waals surface area contributed by atoms with Crippen LogP contribution in [0.5, 0.6) is 0 Å². The van der Waals surface area contributed by atoms with E-state index in [1.165, 1.54) is 18.4 Å². The molecule has 0 aliphatic heterocycles. The molecule has 31 heavy (non-hydrogen) atoms. The minimum absolute atomic E-state index is 0.233. The number of ether oxygens (including phenoxy) is 1. The van der Waals surface area contributed by atoms with Crippen LogP contribution in [-0.2, 0) is 11.3 Å². The van der Waals surface area contributed by atoms with Gasteiger partial charge in [0.05, 0.1) is 29.4 Å². The lowest BCUT2D eigenvalue weighted by Gasteiger charge is -2.20. The van der Waals surface area contributed by atoms with Crippen LogP contribution in [0.1, 0.15) is 31.8 Å². The number of hydrogen-bond donors (Lipinski definition) is 0. The fraction of sp³-hybridized carbons (Fsp3) is 0.130. The molecular formula is C23H18ClN3O3S. The van der Waals surface area contributed by atoms with Gasteiger partial charge in [-0.1, -0.05) is 29.0 Å². The zero-order valence-electron chi connectivity index (χ0n) is 16.8. The highest BCUT2D eigenvalue weighted by molar-refractivity contribution is 7.22. The molecule has 1 amide bonds. The van der Waals surface area contributed by atoms with Crippen LogP contribution in [0, 0.1) is 6.92 Å². The van der Waals surface area contributed by atoms with Crippen molar-refractivity contribution < 1.29 is 14.3 Å². The average Bonchev–Trinajstić information content (AvgIpc) is 3.21. The van der Waals surface area contributed by atoms with Gasteiger partial charge in [-0.2, -0.15) is 0 Å². The topological polar surface area (TPSA) is 72.4 Å². The molecule has 0 fully saturated rings. The first-order valence-corrected chi connectivity index (χ1v) is 10.6. The van der Waals surface area contributed by atoms with Crippen LogP contribution in [0.15, 0.2) is 60.9 Å². The third-order valence-electron chi connectivity index (χ3n) is 4.73. The summed E-state index contributed by atoms with van der Waals surface area (Å²) < 4.78 is 5.63. The highest BCUT2D eigenvalue weighted by atomic mass is 35.5. The molecule has 0 saturated carbocycles. The molecule has 8 heteroatoms. The Morgan fingerprint density at radius 2 is 1.87 bits per heavy atom. The quantitative estimate of drug-likeness (QED) is 0.385. The van der Waals surface area contributed by atoms with E-state index in [1.807, 2.05) is 31.2 Å². The third-order valence-corrected chi connectivity index (χ3v) is 5.98. The molecule has 0 spiro atoms. The van der Waals surface area contributed by atoms with Crippen molar-refractivity contribution in [3.8, 4) is 0 Å². The maximum Gasteiger partial charge on any atom is 0.337 e. The third kappa shape index (κ3) is 4.42. The number of carbonyl (C=O) groups excluding carboxylic acids is 2. The molecule has 2 heterocycles. The second-order valence-electron chi connectivity index (χ2n) is 6.89. The Kier molecular flexibility index (Phi) is 5.97. The molecule has 2 aromatic carbocycles. The van der Waals surface area contributed by atoms with Gasteiger partial charge in [-0.25, -0.2) is 9.78 Å². The number of fused-ring (bicyclic) bond motifs is 1. The van der Waals surface area contributed by atoms with E-state index in [4.69, 9.17) is 21.3 Å². The lowest BCUT2D eigenvalue weighted by atomic mass is 10.1. The number of anilines is 1. The average molecular weight is 452 g/mol. The second-order valence-corrected chi connectivity index (χ2v) is 8.33. The highest BCUT2D eigenvalue weighted by Gasteiger charge is 2.23. The number of pyridine rings is 1. The van der Waals surface area contributed by atoms with Crippen molar-refractivity contribution >= 4 is 50.2 Å². The largest absolute Gasteiger partial charge is 0.465 e. The van der Waals surface area contributed by atoms with E-state index in [9.17, 15) is 9.59 Å². The molecule has 156 valence electrons. The predicted molar refractivity (Wildman–Crippen MR) is 122 cm³/mol. The smallest absolute Gasteiger partial charge is 0.337 e. The molecule has 0 atom stereocenters. The van der Waals surface area contributed by atoms with Gasteiger partial charge in [0.1, 0.15) is 0 Å². The van der Waals surface area contributed by atoms with Gasteiger partial charge in [0.15, 0.2) is 5.13 Å². The van der Waals surface area contributed by atoms with Crippen LogP contribution in [-0.4, -0.2) is 29.0 Å². The normalized spacial score (nSPS) is 10.8. The summed E-state index contributed by atoms with van der Waals surface area (Å²) in [6, 6.07) is 13.8. The molecule has 0 unspecified atom stereocenters. The lowest BCUT2D eigenvalue weighted by Crippen LogP contribution is -2.30. The monoisotopic (exact) mass is 451 g/mol. The molecule has 4 aromatic rings. The molecule has 0 aliphatic carbocycles. The fourth-order valence-electron chi connectivity index (χ4n) is 3.18. The number of methoxy groups -OCH3 is 1. The molecule has 0 radical (unpaired) electrons. The number of carbonyl (C=O) groups is 2. The summed E-state index contributed by atoms with van der Waals surface area (Å²) in [5.74, 6) is -0.687. The van der Waals surface area contributed by atoms with Crippen molar-refractivity contribution in [2.75, 3.05) is 12.0 Å². The number of amides is 1. The summed E-state index contributed by atoms with van der Waals surface area (Å²) in [5, 5.41) is 1.19. The van der Waals surface area contributed by atoms with E-state index in [-0.39, 0.29) is 5.91 Å². The van der Waals surface area contributed by atoms with Crippen LogP contribution in [0.4, 0.5) is 5.13 Å². The zero-order valence-corrected chi connectivity index (χ0v) is 18.4. The standard InChI is InChI=1S/C23H18ClN3O3S/c1-14-10-18(24)11-19-20(14)26-23(31-19)27(13-15-4-3-9-25-12-15)21(28)16-5-7-17(8-6-16)22(29)30-2/h3-12H,13H2,1-2H3. The summed E-state index contributed by atoms with van der Waals surface area (Å²) in [6.45, 7) is 2.24. The van der Waals surface area contributed by atoms with Crippen molar-refractivity contribution in [2.45, 2.75) is 13.5 Å². The Morgan fingerprint density at radius 1 is 1.13 bits per heavy atom. The van der Waals surface area contributed by atoms with Gasteiger partial charge >= 0.3 is 5.97 Å². The van der Waals surface area contributed by atoms with Crippen molar-refractivity contribution in [2.24, 2.45) is 0 Å². The van der Waals surface area contributed by atoms with Crippen LogP contribution < -0.4 is 4.90 Å². The number of nitrogens with zero attached hydrogens (tertiary/aromatic N) is 3. The van der Waals surface area contributed by atoms with Gasteiger partial charge in [-0.05, 0) is 60.5 Å². The summed E-state index contributed by atoms with van der Waals surface area (Å²) >= 11 is 7.61. The van der Waals surface area contributed by atoms with Gasteiger partial charge < -0.3 is 4.74 Å². The number of thiazole rings is 1. The van der Waals surface area contributed by atoms with Crippen molar-refractivity contribution in [1.29, 1.82) is 0 Å². The second kappa shape index (κ2) is 8.83. The Bertz CT molecular complexity index is 1260. The van der Waals surface area contributed by atoms with E-state index in [0.717, 1.165) is 21.3 Å². The zero-order chi connectivity index (χ0) is 22.0. The molecule has 6 nitrogen and oxygen atoms in total. The van der Waals surface area contributed by atoms with E-state index >= 15 is 0 Å². The summed E-state index contributed by atoms with van der Waals surface area (Å²) in [7, 11) is 1.32. The minimum Gasteiger partial charge on any atom is -0.465 e. The number of halogens is 1. The van der Waals surface area contributed by atoms with Crippen LogP contribution in [0.3, 0.4) is 0 Å². The number of benzene rings is 2. The molecule has 0 bridgehead atoms. The van der Waals surface area contributed by atoms with Crippen molar-refractivity contribution in [1.82, 2.24) is 9.97 Å². The van der Waals surface area contributed by atoms with Gasteiger partial charge in [0, 0.05) is 23.0 Å². The lowest BCUT2D eigenvalue weighted by molar-refractivity contribution is 0.0600. The van der Waals surface area contributed by atoms with Crippen molar-refractivity contribution in [3.63, 3.8) is 0 Å². The van der Waals surface area contributed by atoms with Crippen LogP contribution in [0.2, 0.25) is 5.02 Å². The van der Waals surface area contributed by atoms with Crippen LogP contribution in [0.25, 0.3) is 10.2 Å². The first kappa shape index (κ1) is 21.0. The molecule has 0 aliphatic rings. The molecular weight excluding hydrogens is 434 g/mol.